The fraction of sp³-hybridized carbons (Fsp3) is 0.167. The minimum absolute atomic E-state index is 0.113. The van der Waals surface area contributed by atoms with Gasteiger partial charge in [-0.25, -0.2) is 0 Å². The van der Waals surface area contributed by atoms with Crippen LogP contribution in [0.15, 0.2) is 45.7 Å². The van der Waals surface area contributed by atoms with Gasteiger partial charge in [0.2, 0.25) is 0 Å². The van der Waals surface area contributed by atoms with E-state index in [1.807, 2.05) is 24.3 Å². The molecule has 0 amide bonds. The number of halogens is 2. The van der Waals surface area contributed by atoms with Gasteiger partial charge in [0.15, 0.2) is 0 Å². The lowest BCUT2D eigenvalue weighted by molar-refractivity contribution is 0.561. The molecule has 0 saturated heterocycles. The van der Waals surface area contributed by atoms with Crippen molar-refractivity contribution in [1.82, 2.24) is 0 Å². The Hall–Kier alpha value is -0.770. The van der Waals surface area contributed by atoms with E-state index >= 15 is 0 Å². The Morgan fingerprint density at radius 3 is 2.81 bits per heavy atom. The molecule has 0 aliphatic heterocycles. The van der Waals surface area contributed by atoms with Gasteiger partial charge in [-0.15, -0.1) is 0 Å². The molecule has 4 heteroatoms. The third-order valence-electron chi connectivity index (χ3n) is 2.40. The van der Waals surface area contributed by atoms with E-state index in [1.165, 1.54) is 0 Å². The van der Waals surface area contributed by atoms with E-state index in [1.54, 1.807) is 12.5 Å². The molecular formula is C12H11BrClNO. The average molecular weight is 301 g/mol. The van der Waals surface area contributed by atoms with Crippen LogP contribution in [0.5, 0.6) is 0 Å². The lowest BCUT2D eigenvalue weighted by Gasteiger charge is -2.12. The molecule has 0 aliphatic carbocycles. The Kier molecular flexibility index (Phi) is 3.69. The van der Waals surface area contributed by atoms with Gasteiger partial charge in [0, 0.05) is 15.5 Å². The average Bonchev–Trinajstić information content (AvgIpc) is 2.70. The van der Waals surface area contributed by atoms with Crippen LogP contribution in [0, 0.1) is 0 Å². The van der Waals surface area contributed by atoms with Crippen LogP contribution in [-0.4, -0.2) is 0 Å². The molecule has 2 nitrogen and oxygen atoms in total. The molecule has 0 aliphatic rings. The van der Waals surface area contributed by atoms with Gasteiger partial charge in [-0.2, -0.15) is 0 Å². The molecule has 0 radical (unpaired) electrons. The predicted octanol–water partition coefficient (Wildman–Crippen LogP) is 3.94. The summed E-state index contributed by atoms with van der Waals surface area (Å²) in [5.41, 5.74) is 8.12. The van der Waals surface area contributed by atoms with E-state index in [0.717, 1.165) is 22.0 Å². The van der Waals surface area contributed by atoms with Crippen LogP contribution in [0.3, 0.4) is 0 Å². The molecule has 2 aromatic rings. The van der Waals surface area contributed by atoms with Crippen LogP contribution in [0.1, 0.15) is 17.2 Å². The van der Waals surface area contributed by atoms with E-state index in [2.05, 4.69) is 15.9 Å². The third kappa shape index (κ3) is 2.67. The standard InChI is InChI=1S/C12H11BrClNO/c13-9-1-2-10(11(14)6-9)12(15)5-8-3-4-16-7-8/h1-4,6-7,12H,5,15H2. The fourth-order valence-electron chi connectivity index (χ4n) is 1.57. The van der Waals surface area contributed by atoms with Crippen molar-refractivity contribution in [3.8, 4) is 0 Å². The van der Waals surface area contributed by atoms with Crippen molar-refractivity contribution in [3.05, 3.63) is 57.4 Å². The first-order chi connectivity index (χ1) is 7.66. The highest BCUT2D eigenvalue weighted by molar-refractivity contribution is 9.10. The van der Waals surface area contributed by atoms with Crippen LogP contribution in [0.2, 0.25) is 5.02 Å². The lowest BCUT2D eigenvalue weighted by atomic mass is 10.0. The van der Waals surface area contributed by atoms with Gasteiger partial charge < -0.3 is 10.2 Å². The van der Waals surface area contributed by atoms with Gasteiger partial charge in [-0.05, 0) is 35.7 Å². The molecular weight excluding hydrogens is 289 g/mol. The van der Waals surface area contributed by atoms with E-state index in [-0.39, 0.29) is 6.04 Å². The molecule has 0 bridgehead atoms. The summed E-state index contributed by atoms with van der Waals surface area (Å²) < 4.78 is 5.96. The van der Waals surface area contributed by atoms with Crippen LogP contribution < -0.4 is 5.73 Å². The van der Waals surface area contributed by atoms with Gasteiger partial charge >= 0.3 is 0 Å². The maximum Gasteiger partial charge on any atom is 0.0935 e. The van der Waals surface area contributed by atoms with Crippen LogP contribution in [-0.2, 0) is 6.42 Å². The minimum atomic E-state index is -0.113. The Bertz CT molecular complexity index is 470. The van der Waals surface area contributed by atoms with Gasteiger partial charge in [0.25, 0.3) is 0 Å². The molecule has 2 N–H and O–H groups in total. The molecule has 1 heterocycles. The predicted molar refractivity (Wildman–Crippen MR) is 68.5 cm³/mol. The highest BCUT2D eigenvalue weighted by Crippen LogP contribution is 2.27. The molecule has 0 spiro atoms. The van der Waals surface area contributed by atoms with Crippen LogP contribution >= 0.6 is 27.5 Å². The second-order valence-electron chi connectivity index (χ2n) is 3.61. The monoisotopic (exact) mass is 299 g/mol. The SMILES string of the molecule is NC(Cc1ccoc1)c1ccc(Br)cc1Cl. The number of hydrogen-bond donors (Lipinski definition) is 1. The highest BCUT2D eigenvalue weighted by Gasteiger charge is 2.11. The summed E-state index contributed by atoms with van der Waals surface area (Å²) in [6.07, 6.45) is 4.07. The molecule has 1 atom stereocenters. The van der Waals surface area contributed by atoms with Crippen molar-refractivity contribution < 1.29 is 4.42 Å². The maximum absolute atomic E-state index is 6.13. The molecule has 0 saturated carbocycles. The number of furan rings is 1. The second kappa shape index (κ2) is 5.04. The van der Waals surface area contributed by atoms with Gasteiger partial charge in [-0.3, -0.25) is 0 Å². The van der Waals surface area contributed by atoms with Crippen molar-refractivity contribution in [2.45, 2.75) is 12.5 Å². The summed E-state index contributed by atoms with van der Waals surface area (Å²) in [5, 5.41) is 0.686. The van der Waals surface area contributed by atoms with Crippen molar-refractivity contribution in [2.24, 2.45) is 5.73 Å². The molecule has 1 unspecified atom stereocenters. The Morgan fingerprint density at radius 2 is 2.19 bits per heavy atom. The van der Waals surface area contributed by atoms with Crippen LogP contribution in [0.25, 0.3) is 0 Å². The fourth-order valence-corrected chi connectivity index (χ4v) is 2.39. The van der Waals surface area contributed by atoms with E-state index in [4.69, 9.17) is 21.8 Å². The van der Waals surface area contributed by atoms with Crippen molar-refractivity contribution in [1.29, 1.82) is 0 Å². The largest absolute Gasteiger partial charge is 0.472 e. The summed E-state index contributed by atoms with van der Waals surface area (Å²) in [6, 6.07) is 7.53. The van der Waals surface area contributed by atoms with Gasteiger partial charge in [-0.1, -0.05) is 33.6 Å². The molecule has 1 aromatic carbocycles. The third-order valence-corrected chi connectivity index (χ3v) is 3.22. The van der Waals surface area contributed by atoms with Crippen LogP contribution in [0.4, 0.5) is 0 Å². The van der Waals surface area contributed by atoms with Crippen molar-refractivity contribution in [2.75, 3.05) is 0 Å². The Morgan fingerprint density at radius 1 is 1.38 bits per heavy atom. The van der Waals surface area contributed by atoms with Crippen molar-refractivity contribution >= 4 is 27.5 Å². The lowest BCUT2D eigenvalue weighted by Crippen LogP contribution is -2.13. The summed E-state index contributed by atoms with van der Waals surface area (Å²) in [7, 11) is 0. The molecule has 0 fully saturated rings. The smallest absolute Gasteiger partial charge is 0.0935 e. The zero-order valence-electron chi connectivity index (χ0n) is 8.49. The summed E-state index contributed by atoms with van der Waals surface area (Å²) in [5.74, 6) is 0. The van der Waals surface area contributed by atoms with E-state index in [9.17, 15) is 0 Å². The molecule has 1 aromatic heterocycles. The summed E-state index contributed by atoms with van der Waals surface area (Å²) in [4.78, 5) is 0. The minimum Gasteiger partial charge on any atom is -0.472 e. The first-order valence-electron chi connectivity index (χ1n) is 4.88. The first-order valence-corrected chi connectivity index (χ1v) is 6.05. The normalized spacial score (nSPS) is 12.7. The molecule has 2 rings (SSSR count). The van der Waals surface area contributed by atoms with Crippen molar-refractivity contribution in [3.63, 3.8) is 0 Å². The van der Waals surface area contributed by atoms with E-state index < -0.39 is 0 Å². The number of benzene rings is 1. The number of hydrogen-bond acceptors (Lipinski definition) is 2. The van der Waals surface area contributed by atoms with E-state index in [0.29, 0.717) is 5.02 Å². The topological polar surface area (TPSA) is 39.2 Å². The zero-order valence-corrected chi connectivity index (χ0v) is 10.8. The molecule has 84 valence electrons. The Labute approximate surface area is 108 Å². The Balaban J connectivity index is 2.17. The number of nitrogens with two attached hydrogens (primary N) is 1. The zero-order chi connectivity index (χ0) is 11.5. The summed E-state index contributed by atoms with van der Waals surface area (Å²) in [6.45, 7) is 0. The highest BCUT2D eigenvalue weighted by atomic mass is 79.9. The first kappa shape index (κ1) is 11.7. The van der Waals surface area contributed by atoms with Gasteiger partial charge in [0.05, 0.1) is 12.5 Å². The molecule has 16 heavy (non-hydrogen) atoms. The van der Waals surface area contributed by atoms with Gasteiger partial charge in [0.1, 0.15) is 0 Å². The quantitative estimate of drug-likeness (QED) is 0.932. The number of rotatable bonds is 3. The summed E-state index contributed by atoms with van der Waals surface area (Å²) >= 11 is 9.50. The second-order valence-corrected chi connectivity index (χ2v) is 4.93. The maximum atomic E-state index is 6.13.